The first-order chi connectivity index (χ1) is 8.46. The van der Waals surface area contributed by atoms with Gasteiger partial charge in [0.15, 0.2) is 0 Å². The van der Waals surface area contributed by atoms with Gasteiger partial charge in [0.25, 0.3) is 0 Å². The lowest BCUT2D eigenvalue weighted by Gasteiger charge is -2.29. The van der Waals surface area contributed by atoms with Crippen molar-refractivity contribution in [3.05, 3.63) is 22.4 Å². The Kier molecular flexibility index (Phi) is 3.77. The smallest absolute Gasteiger partial charge is 0.315 e. The number of carbonyl (C=O) groups excluding carboxylic acids is 1. The molecule has 100 valence electrons. The molecule has 6 heteroatoms. The summed E-state index contributed by atoms with van der Waals surface area (Å²) in [7, 11) is 0. The summed E-state index contributed by atoms with van der Waals surface area (Å²) < 4.78 is 39.2. The molecule has 2 rings (SSSR count). The second-order valence-electron chi connectivity index (χ2n) is 4.51. The molecule has 0 spiro atoms. The van der Waals surface area contributed by atoms with Crippen LogP contribution in [0.5, 0.6) is 0 Å². The van der Waals surface area contributed by atoms with E-state index in [1.165, 1.54) is 11.3 Å². The third-order valence-corrected chi connectivity index (χ3v) is 4.35. The first-order valence-electron chi connectivity index (χ1n) is 5.79. The maximum absolute atomic E-state index is 13.1. The molecule has 2 heterocycles. The number of Topliss-reactive ketones (excluding diaryl/α,β-unsaturated/α-hetero) is 1. The number of aryl methyl sites for hydroxylation is 1. The average Bonchev–Trinajstić information content (AvgIpc) is 2.96. The van der Waals surface area contributed by atoms with Gasteiger partial charge in [-0.05, 0) is 30.8 Å². The Bertz CT molecular complexity index is 407. The van der Waals surface area contributed by atoms with Crippen molar-refractivity contribution in [2.75, 3.05) is 13.1 Å². The van der Waals surface area contributed by atoms with E-state index in [0.29, 0.717) is 6.42 Å². The van der Waals surface area contributed by atoms with Gasteiger partial charge < -0.3 is 5.32 Å². The van der Waals surface area contributed by atoms with Gasteiger partial charge in [-0.2, -0.15) is 13.2 Å². The van der Waals surface area contributed by atoms with E-state index < -0.39 is 17.4 Å². The maximum atomic E-state index is 13.1. The van der Waals surface area contributed by atoms with Crippen LogP contribution >= 0.6 is 11.3 Å². The van der Waals surface area contributed by atoms with E-state index >= 15 is 0 Å². The molecule has 0 bridgehead atoms. The minimum absolute atomic E-state index is 0.0400. The number of hydrogen-bond acceptors (Lipinski definition) is 3. The molecule has 1 aliphatic heterocycles. The fourth-order valence-corrected chi connectivity index (χ4v) is 2.97. The topological polar surface area (TPSA) is 29.1 Å². The lowest BCUT2D eigenvalue weighted by Crippen LogP contribution is -2.46. The molecule has 0 aliphatic carbocycles. The number of halogens is 3. The Morgan fingerprint density at radius 2 is 2.28 bits per heavy atom. The van der Waals surface area contributed by atoms with Crippen LogP contribution in [0.25, 0.3) is 0 Å². The first-order valence-corrected chi connectivity index (χ1v) is 6.67. The van der Waals surface area contributed by atoms with Crippen molar-refractivity contribution in [1.82, 2.24) is 5.32 Å². The molecule has 1 unspecified atom stereocenters. The lowest BCUT2D eigenvalue weighted by molar-refractivity contribution is -0.214. The Balaban J connectivity index is 2.05. The van der Waals surface area contributed by atoms with Crippen LogP contribution in [-0.4, -0.2) is 25.0 Å². The van der Waals surface area contributed by atoms with Gasteiger partial charge in [-0.1, -0.05) is 6.07 Å². The molecule has 1 aliphatic rings. The molecule has 1 saturated heterocycles. The van der Waals surface area contributed by atoms with Crippen LogP contribution in [0.2, 0.25) is 0 Å². The van der Waals surface area contributed by atoms with E-state index in [1.54, 1.807) is 0 Å². The Morgan fingerprint density at radius 1 is 1.50 bits per heavy atom. The fraction of sp³-hybridized carbons (Fsp3) is 0.583. The van der Waals surface area contributed by atoms with Crippen LogP contribution in [0.3, 0.4) is 0 Å². The fourth-order valence-electron chi connectivity index (χ4n) is 2.26. The largest absolute Gasteiger partial charge is 0.402 e. The lowest BCUT2D eigenvalue weighted by atomic mass is 9.80. The van der Waals surface area contributed by atoms with E-state index in [1.807, 2.05) is 17.5 Å². The van der Waals surface area contributed by atoms with Crippen molar-refractivity contribution in [1.29, 1.82) is 0 Å². The van der Waals surface area contributed by atoms with Gasteiger partial charge >= 0.3 is 6.18 Å². The highest BCUT2D eigenvalue weighted by molar-refractivity contribution is 7.09. The number of rotatable bonds is 4. The standard InChI is InChI=1S/C12H14F3NOS/c13-12(14,15)11(5-6-16-8-11)10(17)4-3-9-2-1-7-18-9/h1-2,7,16H,3-6,8H2. The number of alkyl halides is 3. The summed E-state index contributed by atoms with van der Waals surface area (Å²) in [5, 5.41) is 4.51. The Morgan fingerprint density at radius 3 is 2.78 bits per heavy atom. The zero-order valence-corrected chi connectivity index (χ0v) is 10.5. The second-order valence-corrected chi connectivity index (χ2v) is 5.54. The molecule has 0 radical (unpaired) electrons. The Labute approximate surface area is 107 Å². The molecule has 1 fully saturated rings. The highest BCUT2D eigenvalue weighted by atomic mass is 32.1. The minimum Gasteiger partial charge on any atom is -0.315 e. The molecule has 0 amide bonds. The summed E-state index contributed by atoms with van der Waals surface area (Å²) >= 11 is 1.46. The van der Waals surface area contributed by atoms with E-state index in [-0.39, 0.29) is 25.9 Å². The van der Waals surface area contributed by atoms with E-state index in [9.17, 15) is 18.0 Å². The number of carbonyl (C=O) groups is 1. The zero-order chi connectivity index (χ0) is 13.2. The number of ketones is 1. The molecule has 0 aromatic carbocycles. The van der Waals surface area contributed by atoms with Crippen LogP contribution < -0.4 is 5.32 Å². The van der Waals surface area contributed by atoms with Crippen molar-refractivity contribution in [2.45, 2.75) is 25.4 Å². The third kappa shape index (κ3) is 2.44. The molecule has 1 aromatic heterocycles. The molecule has 1 N–H and O–H groups in total. The van der Waals surface area contributed by atoms with Crippen LogP contribution in [0.1, 0.15) is 17.7 Å². The number of nitrogens with one attached hydrogen (secondary N) is 1. The molecular weight excluding hydrogens is 263 g/mol. The summed E-state index contributed by atoms with van der Waals surface area (Å²) in [4.78, 5) is 12.9. The minimum atomic E-state index is -4.46. The summed E-state index contributed by atoms with van der Waals surface area (Å²) in [5.74, 6) is -0.687. The predicted molar refractivity (Wildman–Crippen MR) is 63.6 cm³/mol. The molecule has 1 aromatic rings. The summed E-state index contributed by atoms with van der Waals surface area (Å²) in [6.45, 7) is -0.0238. The highest BCUT2D eigenvalue weighted by Crippen LogP contribution is 2.44. The molecule has 18 heavy (non-hydrogen) atoms. The van der Waals surface area contributed by atoms with Crippen LogP contribution in [0.15, 0.2) is 17.5 Å². The monoisotopic (exact) mass is 277 g/mol. The van der Waals surface area contributed by atoms with Gasteiger partial charge in [-0.3, -0.25) is 4.79 Å². The van der Waals surface area contributed by atoms with E-state index in [4.69, 9.17) is 0 Å². The third-order valence-electron chi connectivity index (χ3n) is 3.41. The van der Waals surface area contributed by atoms with Crippen LogP contribution in [-0.2, 0) is 11.2 Å². The van der Waals surface area contributed by atoms with Crippen LogP contribution in [0.4, 0.5) is 13.2 Å². The van der Waals surface area contributed by atoms with Crippen LogP contribution in [0, 0.1) is 5.41 Å². The summed E-state index contributed by atoms with van der Waals surface area (Å²) in [6.07, 6.45) is -4.24. The first kappa shape index (κ1) is 13.5. The van der Waals surface area contributed by atoms with Gasteiger partial charge in [0.1, 0.15) is 11.2 Å². The predicted octanol–water partition coefficient (Wildman–Crippen LogP) is 2.79. The maximum Gasteiger partial charge on any atom is 0.402 e. The average molecular weight is 277 g/mol. The van der Waals surface area contributed by atoms with Crippen molar-refractivity contribution >= 4 is 17.1 Å². The van der Waals surface area contributed by atoms with Gasteiger partial charge in [0.2, 0.25) is 0 Å². The highest BCUT2D eigenvalue weighted by Gasteiger charge is 2.60. The van der Waals surface area contributed by atoms with Crippen molar-refractivity contribution in [3.63, 3.8) is 0 Å². The van der Waals surface area contributed by atoms with Gasteiger partial charge in [-0.25, -0.2) is 0 Å². The normalized spacial score (nSPS) is 24.4. The molecule has 2 nitrogen and oxygen atoms in total. The molecule has 1 atom stereocenters. The number of hydrogen-bond donors (Lipinski definition) is 1. The molecular formula is C12H14F3NOS. The van der Waals surface area contributed by atoms with Crippen molar-refractivity contribution in [3.8, 4) is 0 Å². The zero-order valence-electron chi connectivity index (χ0n) is 9.72. The SMILES string of the molecule is O=C(CCc1cccs1)C1(C(F)(F)F)CCNC1. The second kappa shape index (κ2) is 5.01. The quantitative estimate of drug-likeness (QED) is 0.917. The van der Waals surface area contributed by atoms with Crippen molar-refractivity contribution in [2.24, 2.45) is 5.41 Å². The molecule has 0 saturated carbocycles. The van der Waals surface area contributed by atoms with Gasteiger partial charge in [0.05, 0.1) is 0 Å². The summed E-state index contributed by atoms with van der Waals surface area (Å²) in [6, 6.07) is 3.67. The number of thiophene rings is 1. The van der Waals surface area contributed by atoms with Crippen molar-refractivity contribution < 1.29 is 18.0 Å². The van der Waals surface area contributed by atoms with E-state index in [0.717, 1.165) is 4.88 Å². The van der Waals surface area contributed by atoms with Gasteiger partial charge in [0, 0.05) is 17.8 Å². The van der Waals surface area contributed by atoms with E-state index in [2.05, 4.69) is 5.32 Å². The van der Waals surface area contributed by atoms with Gasteiger partial charge in [-0.15, -0.1) is 11.3 Å². The summed E-state index contributed by atoms with van der Waals surface area (Å²) in [5.41, 5.74) is -2.16. The Hall–Kier alpha value is -0.880.